The molecule has 2 fully saturated rings. The highest BCUT2D eigenvalue weighted by molar-refractivity contribution is 6.04. The SMILES string of the molecule is Cc1ccc(-c2noc(C3CN(C(=O)O)C3)n2)cc1NC(=O)c1cnc2ccc(N3CCOCC3)cn12. The van der Waals surface area contributed by atoms with Gasteiger partial charge in [-0.1, -0.05) is 17.3 Å². The zero-order chi connectivity index (χ0) is 25.5. The number of nitrogens with zero attached hydrogens (tertiary/aromatic N) is 6. The highest BCUT2D eigenvalue weighted by atomic mass is 16.5. The molecule has 5 heterocycles. The number of hydrogen-bond donors (Lipinski definition) is 2. The van der Waals surface area contributed by atoms with Crippen molar-refractivity contribution in [1.29, 1.82) is 0 Å². The monoisotopic (exact) mass is 503 g/mol. The standard InChI is InChI=1S/C25H25N7O5/c1-15-2-3-16(22-28-24(37-29-22)17-12-31(13-17)25(34)35)10-19(15)27-23(33)20-11-26-21-5-4-18(14-32(20)21)30-6-8-36-9-7-30/h2-5,10-11,14,17H,6-9,12-13H2,1H3,(H,27,33)(H,34,35). The van der Waals surface area contributed by atoms with Gasteiger partial charge in [0, 0.05) is 43.6 Å². The molecule has 12 nitrogen and oxygen atoms in total. The smallest absolute Gasteiger partial charge is 0.407 e. The van der Waals surface area contributed by atoms with Crippen LogP contribution in [0.25, 0.3) is 17.0 Å². The van der Waals surface area contributed by atoms with Gasteiger partial charge in [0.2, 0.25) is 11.7 Å². The number of ether oxygens (including phenoxy) is 1. The van der Waals surface area contributed by atoms with Gasteiger partial charge >= 0.3 is 6.09 Å². The first-order valence-electron chi connectivity index (χ1n) is 12.0. The number of rotatable bonds is 5. The van der Waals surface area contributed by atoms with Gasteiger partial charge in [-0.25, -0.2) is 9.78 Å². The van der Waals surface area contributed by atoms with Crippen LogP contribution in [0.1, 0.15) is 27.9 Å². The van der Waals surface area contributed by atoms with Gasteiger partial charge in [-0.2, -0.15) is 4.98 Å². The molecule has 0 unspecified atom stereocenters. The fourth-order valence-corrected chi connectivity index (χ4v) is 4.54. The Hall–Kier alpha value is -4.45. The van der Waals surface area contributed by atoms with E-state index in [1.165, 1.54) is 4.90 Å². The maximum atomic E-state index is 13.3. The molecule has 6 rings (SSSR count). The Balaban J connectivity index is 1.21. The zero-order valence-corrected chi connectivity index (χ0v) is 20.1. The van der Waals surface area contributed by atoms with E-state index < -0.39 is 6.09 Å². The topological polar surface area (TPSA) is 138 Å². The molecule has 2 aliphatic heterocycles. The van der Waals surface area contributed by atoms with Gasteiger partial charge in [-0.05, 0) is 30.7 Å². The lowest BCUT2D eigenvalue weighted by Gasteiger charge is -2.34. The van der Waals surface area contributed by atoms with Gasteiger partial charge in [0.25, 0.3) is 5.91 Å². The van der Waals surface area contributed by atoms with Crippen molar-refractivity contribution in [1.82, 2.24) is 24.4 Å². The largest absolute Gasteiger partial charge is 0.465 e. The van der Waals surface area contributed by atoms with Crippen molar-refractivity contribution in [3.05, 3.63) is 59.9 Å². The van der Waals surface area contributed by atoms with Crippen LogP contribution >= 0.6 is 0 Å². The number of aryl methyl sites for hydroxylation is 1. The molecule has 2 saturated heterocycles. The van der Waals surface area contributed by atoms with Crippen LogP contribution in [0.2, 0.25) is 0 Å². The normalized spacial score (nSPS) is 16.1. The number of aromatic nitrogens is 4. The predicted molar refractivity (Wildman–Crippen MR) is 133 cm³/mol. The van der Waals surface area contributed by atoms with Gasteiger partial charge in [0.05, 0.1) is 31.0 Å². The summed E-state index contributed by atoms with van der Waals surface area (Å²) in [4.78, 5) is 36.7. The van der Waals surface area contributed by atoms with Crippen molar-refractivity contribution in [2.75, 3.05) is 49.6 Å². The van der Waals surface area contributed by atoms with Gasteiger partial charge in [0.15, 0.2) is 0 Å². The number of carboxylic acid groups (broad SMARTS) is 1. The van der Waals surface area contributed by atoms with Crippen molar-refractivity contribution < 1.29 is 24.0 Å². The maximum absolute atomic E-state index is 13.3. The molecule has 2 aliphatic rings. The molecule has 1 aromatic carbocycles. The van der Waals surface area contributed by atoms with Gasteiger partial charge in [-0.15, -0.1) is 0 Å². The third-order valence-electron chi connectivity index (χ3n) is 6.79. The summed E-state index contributed by atoms with van der Waals surface area (Å²) in [6.07, 6.45) is 2.54. The second-order valence-corrected chi connectivity index (χ2v) is 9.18. The van der Waals surface area contributed by atoms with E-state index in [0.717, 1.165) is 24.3 Å². The second-order valence-electron chi connectivity index (χ2n) is 9.18. The molecular weight excluding hydrogens is 478 g/mol. The summed E-state index contributed by atoms with van der Waals surface area (Å²) in [7, 11) is 0. The average Bonchev–Trinajstić information content (AvgIpc) is 3.52. The lowest BCUT2D eigenvalue weighted by molar-refractivity contribution is 0.0958. The molecule has 0 aliphatic carbocycles. The number of likely N-dealkylation sites (tertiary alicyclic amines) is 1. The lowest BCUT2D eigenvalue weighted by atomic mass is 10.0. The first-order chi connectivity index (χ1) is 18.0. The van der Waals surface area contributed by atoms with Crippen LogP contribution < -0.4 is 10.2 Å². The van der Waals surface area contributed by atoms with Crippen molar-refractivity contribution in [3.63, 3.8) is 0 Å². The molecule has 0 bridgehead atoms. The molecule has 0 radical (unpaired) electrons. The highest BCUT2D eigenvalue weighted by Crippen LogP contribution is 2.29. The molecular formula is C25H25N7O5. The van der Waals surface area contributed by atoms with Crippen molar-refractivity contribution in [3.8, 4) is 11.4 Å². The molecule has 2 N–H and O–H groups in total. The number of imidazole rings is 1. The minimum Gasteiger partial charge on any atom is -0.465 e. The Bertz CT molecular complexity index is 1480. The molecule has 3 aromatic heterocycles. The molecule has 12 heteroatoms. The zero-order valence-electron chi connectivity index (χ0n) is 20.1. The van der Waals surface area contributed by atoms with Crippen molar-refractivity contribution in [2.24, 2.45) is 0 Å². The van der Waals surface area contributed by atoms with Crippen LogP contribution in [0.5, 0.6) is 0 Å². The van der Waals surface area contributed by atoms with E-state index in [1.54, 1.807) is 16.7 Å². The number of benzene rings is 1. The van der Waals surface area contributed by atoms with Crippen LogP contribution in [-0.2, 0) is 4.74 Å². The minimum atomic E-state index is -0.960. The first-order valence-corrected chi connectivity index (χ1v) is 12.0. The molecule has 37 heavy (non-hydrogen) atoms. The van der Waals surface area contributed by atoms with Crippen LogP contribution in [0, 0.1) is 6.92 Å². The minimum absolute atomic E-state index is 0.112. The molecule has 0 atom stereocenters. The van der Waals surface area contributed by atoms with Crippen LogP contribution in [0.3, 0.4) is 0 Å². The summed E-state index contributed by atoms with van der Waals surface area (Å²) in [5, 5.41) is 16.1. The summed E-state index contributed by atoms with van der Waals surface area (Å²) in [5.41, 5.74) is 4.28. The fraction of sp³-hybridized carbons (Fsp3) is 0.320. The Morgan fingerprint density at radius 2 is 1.95 bits per heavy atom. The van der Waals surface area contributed by atoms with Crippen molar-refractivity contribution in [2.45, 2.75) is 12.8 Å². The number of fused-ring (bicyclic) bond motifs is 1. The van der Waals surface area contributed by atoms with Gasteiger partial charge < -0.3 is 29.5 Å². The maximum Gasteiger partial charge on any atom is 0.407 e. The average molecular weight is 504 g/mol. The quantitative estimate of drug-likeness (QED) is 0.421. The van der Waals surface area contributed by atoms with E-state index in [0.29, 0.717) is 60.6 Å². The fourth-order valence-electron chi connectivity index (χ4n) is 4.54. The molecule has 0 spiro atoms. The van der Waals surface area contributed by atoms with Crippen LogP contribution in [0.4, 0.5) is 16.2 Å². The molecule has 0 saturated carbocycles. The Kier molecular flexibility index (Phi) is 5.72. The Labute approximate surface area is 211 Å². The number of hydrogen-bond acceptors (Lipinski definition) is 8. The number of pyridine rings is 1. The van der Waals surface area contributed by atoms with Gasteiger partial charge in [0.1, 0.15) is 11.3 Å². The first kappa shape index (κ1) is 23.0. The summed E-state index contributed by atoms with van der Waals surface area (Å²) < 4.78 is 12.6. The molecule has 2 amide bonds. The number of amides is 2. The second kappa shape index (κ2) is 9.21. The number of morpholine rings is 1. The Morgan fingerprint density at radius 1 is 1.14 bits per heavy atom. The van der Waals surface area contributed by atoms with E-state index in [1.807, 2.05) is 37.4 Å². The third-order valence-corrected chi connectivity index (χ3v) is 6.79. The number of anilines is 2. The summed E-state index contributed by atoms with van der Waals surface area (Å²) in [5.74, 6) is 0.382. The molecule has 190 valence electrons. The highest BCUT2D eigenvalue weighted by Gasteiger charge is 2.35. The van der Waals surface area contributed by atoms with E-state index in [4.69, 9.17) is 14.4 Å². The lowest BCUT2D eigenvalue weighted by Crippen LogP contribution is -2.47. The van der Waals surface area contributed by atoms with E-state index >= 15 is 0 Å². The van der Waals surface area contributed by atoms with Crippen LogP contribution in [0.15, 0.2) is 47.2 Å². The predicted octanol–water partition coefficient (Wildman–Crippen LogP) is 2.86. The van der Waals surface area contributed by atoms with Crippen molar-refractivity contribution >= 4 is 29.0 Å². The van der Waals surface area contributed by atoms with E-state index in [-0.39, 0.29) is 11.8 Å². The van der Waals surface area contributed by atoms with E-state index in [2.05, 4.69) is 25.3 Å². The van der Waals surface area contributed by atoms with Crippen LogP contribution in [-0.4, -0.2) is 80.9 Å². The number of nitrogens with one attached hydrogen (secondary N) is 1. The number of carbonyl (C=O) groups excluding carboxylic acids is 1. The summed E-state index contributed by atoms with van der Waals surface area (Å²) >= 11 is 0. The summed E-state index contributed by atoms with van der Waals surface area (Å²) in [6, 6.07) is 9.44. The summed E-state index contributed by atoms with van der Waals surface area (Å²) in [6.45, 7) is 5.51. The molecule has 4 aromatic rings. The van der Waals surface area contributed by atoms with Gasteiger partial charge in [-0.3, -0.25) is 9.20 Å². The Morgan fingerprint density at radius 3 is 2.73 bits per heavy atom. The number of carbonyl (C=O) groups is 2. The third kappa shape index (κ3) is 4.35. The van der Waals surface area contributed by atoms with E-state index in [9.17, 15) is 9.59 Å².